The van der Waals surface area contributed by atoms with E-state index in [9.17, 15) is 18.0 Å². The molecule has 1 aromatic carbocycles. The molecule has 0 aliphatic heterocycles. The highest BCUT2D eigenvalue weighted by molar-refractivity contribution is 5.98. The molecule has 1 atom stereocenters. The lowest BCUT2D eigenvalue weighted by molar-refractivity contribution is -0.137. The van der Waals surface area contributed by atoms with Gasteiger partial charge >= 0.3 is 6.18 Å². The minimum absolute atomic E-state index is 0.0625. The Morgan fingerprint density at radius 2 is 2.03 bits per heavy atom. The molecule has 0 saturated carbocycles. The second-order valence-corrected chi connectivity index (χ2v) is 9.18. The fourth-order valence-corrected chi connectivity index (χ4v) is 4.75. The van der Waals surface area contributed by atoms with Crippen molar-refractivity contribution in [1.29, 1.82) is 0 Å². The summed E-state index contributed by atoms with van der Waals surface area (Å²) in [5.74, 6) is 0.192. The Bertz CT molecular complexity index is 1440. The van der Waals surface area contributed by atoms with Gasteiger partial charge in [0.05, 0.1) is 35.1 Å². The molecule has 0 saturated heterocycles. The van der Waals surface area contributed by atoms with Crippen LogP contribution in [0.1, 0.15) is 57.3 Å². The molecule has 1 amide bonds. The van der Waals surface area contributed by atoms with Crippen LogP contribution in [-0.4, -0.2) is 30.6 Å². The van der Waals surface area contributed by atoms with Crippen LogP contribution in [0.15, 0.2) is 48.8 Å². The molecule has 5 rings (SSSR count). The Morgan fingerprint density at radius 3 is 2.75 bits per heavy atom. The Hall–Kier alpha value is -3.95. The number of hydrogen-bond donors (Lipinski definition) is 1. The number of carbonyl (C=O) groups is 1. The van der Waals surface area contributed by atoms with Crippen LogP contribution in [0.2, 0.25) is 0 Å². The number of carbonyl (C=O) groups excluding carboxylic acids is 1. The van der Waals surface area contributed by atoms with Gasteiger partial charge < -0.3 is 10.6 Å². The lowest BCUT2D eigenvalue weighted by Crippen LogP contribution is -2.36. The van der Waals surface area contributed by atoms with Gasteiger partial charge in [-0.1, -0.05) is 0 Å². The van der Waals surface area contributed by atoms with Crippen LogP contribution in [0.25, 0.3) is 10.9 Å². The number of anilines is 1. The zero-order chi connectivity index (χ0) is 25.6. The minimum atomic E-state index is -4.48. The number of aromatic nitrogens is 4. The summed E-state index contributed by atoms with van der Waals surface area (Å²) in [6.07, 6.45) is 0.624. The summed E-state index contributed by atoms with van der Waals surface area (Å²) in [5, 5.41) is 5.32. The summed E-state index contributed by atoms with van der Waals surface area (Å²) in [5.41, 5.74) is 9.31. The molecule has 2 N–H and O–H groups in total. The second-order valence-electron chi connectivity index (χ2n) is 9.18. The molecule has 0 spiro atoms. The molecule has 1 aliphatic carbocycles. The third-order valence-corrected chi connectivity index (χ3v) is 6.60. The van der Waals surface area contributed by atoms with Crippen LogP contribution < -0.4 is 5.73 Å². The van der Waals surface area contributed by atoms with Crippen molar-refractivity contribution < 1.29 is 18.0 Å². The van der Waals surface area contributed by atoms with Crippen molar-refractivity contribution in [2.75, 3.05) is 5.73 Å². The van der Waals surface area contributed by atoms with Gasteiger partial charge in [0.2, 0.25) is 0 Å². The fourth-order valence-electron chi connectivity index (χ4n) is 4.75. The van der Waals surface area contributed by atoms with E-state index >= 15 is 0 Å². The maximum absolute atomic E-state index is 13.9. The number of fused-ring (bicyclic) bond motifs is 2. The molecular weight excluding hydrogens is 469 g/mol. The molecule has 0 fully saturated rings. The van der Waals surface area contributed by atoms with E-state index in [-0.39, 0.29) is 18.5 Å². The number of nitrogens with zero attached hydrogens (tertiary/aromatic N) is 5. The number of aryl methyl sites for hydroxylation is 3. The van der Waals surface area contributed by atoms with Crippen molar-refractivity contribution in [1.82, 2.24) is 24.6 Å². The Balaban J connectivity index is 1.54. The summed E-state index contributed by atoms with van der Waals surface area (Å²) < 4.78 is 40.9. The van der Waals surface area contributed by atoms with E-state index in [1.165, 1.54) is 6.07 Å². The molecule has 186 valence electrons. The lowest BCUT2D eigenvalue weighted by atomic mass is 9.91. The van der Waals surface area contributed by atoms with Gasteiger partial charge in [0.15, 0.2) is 0 Å². The molecule has 36 heavy (non-hydrogen) atoms. The van der Waals surface area contributed by atoms with E-state index in [0.717, 1.165) is 53.7 Å². The maximum Gasteiger partial charge on any atom is 0.417 e. The Morgan fingerprint density at radius 1 is 1.22 bits per heavy atom. The van der Waals surface area contributed by atoms with Crippen molar-refractivity contribution in [2.45, 2.75) is 44.9 Å². The van der Waals surface area contributed by atoms with Gasteiger partial charge in [-0.2, -0.15) is 18.3 Å². The van der Waals surface area contributed by atoms with E-state index in [2.05, 4.69) is 15.1 Å². The SMILES string of the molecule is Cc1cc2cc(C(=O)N(Cc3ccc(C(F)(F)F)cn3)[C@H]3CCCc4nn(C)cc43)ccc2nc1N. The van der Waals surface area contributed by atoms with Crippen molar-refractivity contribution >= 4 is 22.6 Å². The minimum Gasteiger partial charge on any atom is -0.383 e. The number of rotatable bonds is 4. The van der Waals surface area contributed by atoms with Gasteiger partial charge in [0.25, 0.3) is 5.91 Å². The van der Waals surface area contributed by atoms with E-state index in [4.69, 9.17) is 5.73 Å². The molecule has 0 bridgehead atoms. The van der Waals surface area contributed by atoms with Crippen LogP contribution >= 0.6 is 0 Å². The Labute approximate surface area is 205 Å². The zero-order valence-electron chi connectivity index (χ0n) is 19.9. The molecular formula is C26H25F3N6O. The number of nitrogens with two attached hydrogens (primary N) is 1. The first kappa shape index (κ1) is 23.8. The fraction of sp³-hybridized carbons (Fsp3) is 0.308. The standard InChI is InChI=1S/C26H25F3N6O/c1-15-10-17-11-16(6-9-21(17)32-24(15)30)25(36)35(13-19-8-7-18(12-31-19)26(27,28)29)23-5-3-4-22-20(23)14-34(2)33-22/h6-12,14,23H,3-5,13H2,1-2H3,(H2,30,32)/t23-/m0/s1. The molecule has 0 radical (unpaired) electrons. The molecule has 3 heterocycles. The Kier molecular flexibility index (Phi) is 5.89. The first-order valence-corrected chi connectivity index (χ1v) is 11.6. The van der Waals surface area contributed by atoms with E-state index in [1.54, 1.807) is 27.8 Å². The van der Waals surface area contributed by atoms with Crippen molar-refractivity contribution in [2.24, 2.45) is 7.05 Å². The smallest absolute Gasteiger partial charge is 0.383 e. The highest BCUT2D eigenvalue weighted by Crippen LogP contribution is 2.36. The highest BCUT2D eigenvalue weighted by Gasteiger charge is 2.33. The average molecular weight is 495 g/mol. The topological polar surface area (TPSA) is 89.9 Å². The summed E-state index contributed by atoms with van der Waals surface area (Å²) >= 11 is 0. The maximum atomic E-state index is 13.9. The van der Waals surface area contributed by atoms with Crippen LogP contribution in [0.3, 0.4) is 0 Å². The van der Waals surface area contributed by atoms with Crippen LogP contribution in [-0.2, 0) is 26.2 Å². The third kappa shape index (κ3) is 4.50. The average Bonchev–Trinajstić information content (AvgIpc) is 3.23. The number of alkyl halides is 3. The summed E-state index contributed by atoms with van der Waals surface area (Å²) in [4.78, 5) is 24.0. The van der Waals surface area contributed by atoms with Gasteiger partial charge in [-0.3, -0.25) is 14.5 Å². The van der Waals surface area contributed by atoms with Gasteiger partial charge in [-0.25, -0.2) is 4.98 Å². The van der Waals surface area contributed by atoms with Gasteiger partial charge in [-0.05, 0) is 68.1 Å². The summed E-state index contributed by atoms with van der Waals surface area (Å²) in [6, 6.07) is 9.16. The lowest BCUT2D eigenvalue weighted by Gasteiger charge is -2.34. The van der Waals surface area contributed by atoms with Gasteiger partial charge in [-0.15, -0.1) is 0 Å². The second kappa shape index (κ2) is 8.92. The summed E-state index contributed by atoms with van der Waals surface area (Å²) in [6.45, 7) is 1.91. The molecule has 4 aromatic rings. The predicted molar refractivity (Wildman–Crippen MR) is 129 cm³/mol. The van der Waals surface area contributed by atoms with E-state index in [1.807, 2.05) is 26.2 Å². The van der Waals surface area contributed by atoms with Crippen molar-refractivity contribution in [3.05, 3.63) is 82.4 Å². The number of pyridine rings is 2. The number of hydrogen-bond acceptors (Lipinski definition) is 5. The molecule has 0 unspecified atom stereocenters. The van der Waals surface area contributed by atoms with E-state index < -0.39 is 11.7 Å². The number of amides is 1. The van der Waals surface area contributed by atoms with Crippen molar-refractivity contribution in [3.63, 3.8) is 0 Å². The molecule has 7 nitrogen and oxygen atoms in total. The third-order valence-electron chi connectivity index (χ3n) is 6.60. The van der Waals surface area contributed by atoms with E-state index in [0.29, 0.717) is 22.6 Å². The number of benzene rings is 1. The zero-order valence-corrected chi connectivity index (χ0v) is 19.9. The van der Waals surface area contributed by atoms with Gasteiger partial charge in [0, 0.05) is 36.0 Å². The monoisotopic (exact) mass is 494 g/mol. The van der Waals surface area contributed by atoms with Crippen LogP contribution in [0.4, 0.5) is 19.0 Å². The predicted octanol–water partition coefficient (Wildman–Crippen LogP) is 4.99. The summed E-state index contributed by atoms with van der Waals surface area (Å²) in [7, 11) is 1.84. The first-order valence-electron chi connectivity index (χ1n) is 11.6. The number of halogens is 3. The quantitative estimate of drug-likeness (QED) is 0.432. The van der Waals surface area contributed by atoms with Gasteiger partial charge in [0.1, 0.15) is 5.82 Å². The van der Waals surface area contributed by atoms with Crippen molar-refractivity contribution in [3.8, 4) is 0 Å². The molecule has 10 heteroatoms. The molecule has 3 aromatic heterocycles. The van der Waals surface area contributed by atoms with Crippen LogP contribution in [0.5, 0.6) is 0 Å². The van der Waals surface area contributed by atoms with Crippen LogP contribution in [0, 0.1) is 6.92 Å². The number of nitrogen functional groups attached to an aromatic ring is 1. The largest absolute Gasteiger partial charge is 0.417 e. The normalized spacial score (nSPS) is 15.6. The first-order chi connectivity index (χ1) is 17.1. The highest BCUT2D eigenvalue weighted by atomic mass is 19.4. The molecule has 1 aliphatic rings.